The van der Waals surface area contributed by atoms with E-state index in [0.29, 0.717) is 69.9 Å². The van der Waals surface area contributed by atoms with Gasteiger partial charge in [-0.3, -0.25) is 14.4 Å². The van der Waals surface area contributed by atoms with Gasteiger partial charge in [0.1, 0.15) is 5.78 Å². The number of carbonyl (C=O) groups excluding carboxylic acids is 3. The minimum Gasteiger partial charge on any atom is -0.396 e. The van der Waals surface area contributed by atoms with Crippen LogP contribution in [0.15, 0.2) is 0 Å². The third kappa shape index (κ3) is 55.1. The summed E-state index contributed by atoms with van der Waals surface area (Å²) >= 11 is 0. The molecule has 0 rings (SSSR count). The van der Waals surface area contributed by atoms with Crippen molar-refractivity contribution in [1.82, 2.24) is 10.6 Å². The highest BCUT2D eigenvalue weighted by Gasteiger charge is 2.23. The number of ketones is 1. The van der Waals surface area contributed by atoms with E-state index in [9.17, 15) is 14.4 Å². The second-order valence-corrected chi connectivity index (χ2v) is 15.8. The molecule has 0 saturated carbocycles. The van der Waals surface area contributed by atoms with Gasteiger partial charge in [0.05, 0.1) is 42.9 Å². The summed E-state index contributed by atoms with van der Waals surface area (Å²) in [5.74, 6) is 1.91. The van der Waals surface area contributed by atoms with Crippen molar-refractivity contribution in [2.75, 3.05) is 52.7 Å². The van der Waals surface area contributed by atoms with Crippen molar-refractivity contribution in [1.29, 1.82) is 0 Å². The number of nitrogens with one attached hydrogen (secondary N) is 2. The molecule has 0 aliphatic heterocycles. The van der Waals surface area contributed by atoms with E-state index in [1.165, 1.54) is 0 Å². The number of hydrogen-bond donors (Lipinski definition) is 5. The first-order chi connectivity index (χ1) is 24.0. The van der Waals surface area contributed by atoms with Gasteiger partial charge in [-0.25, -0.2) is 0 Å². The van der Waals surface area contributed by atoms with Gasteiger partial charge in [-0.05, 0) is 91.9 Å². The molecule has 316 valence electrons. The predicted molar refractivity (Wildman–Crippen MR) is 217 cm³/mol. The second-order valence-electron chi connectivity index (χ2n) is 15.8. The lowest BCUT2D eigenvalue weighted by Crippen LogP contribution is -2.36. The zero-order valence-electron chi connectivity index (χ0n) is 36.8. The van der Waals surface area contributed by atoms with Crippen molar-refractivity contribution in [3.8, 4) is 0 Å². The third-order valence-electron chi connectivity index (χ3n) is 6.79. The topological polar surface area (TPSA) is 164 Å². The molecule has 11 nitrogen and oxygen atoms in total. The van der Waals surface area contributed by atoms with E-state index in [1.54, 1.807) is 6.92 Å². The fourth-order valence-electron chi connectivity index (χ4n) is 3.91. The highest BCUT2D eigenvalue weighted by atomic mass is 16.5. The van der Waals surface area contributed by atoms with Crippen LogP contribution in [0.25, 0.3) is 0 Å². The maximum absolute atomic E-state index is 11.4. The number of aliphatic hydroxyl groups excluding tert-OH is 3. The average Bonchev–Trinajstić information content (AvgIpc) is 2.99. The molecule has 0 aromatic heterocycles. The molecule has 0 aromatic rings. The molecule has 0 saturated heterocycles. The van der Waals surface area contributed by atoms with Gasteiger partial charge in [0.15, 0.2) is 0 Å². The minimum absolute atomic E-state index is 0.0274. The Kier molecular flexibility index (Phi) is 43.2. The van der Waals surface area contributed by atoms with Crippen LogP contribution in [0, 0.1) is 17.8 Å². The van der Waals surface area contributed by atoms with Crippen molar-refractivity contribution >= 4 is 17.6 Å². The second kappa shape index (κ2) is 37.7. The van der Waals surface area contributed by atoms with Crippen LogP contribution in [-0.4, -0.2) is 102 Å². The molecule has 0 spiro atoms. The number of ether oxygens (including phenoxy) is 3. The first-order valence-corrected chi connectivity index (χ1v) is 19.8. The summed E-state index contributed by atoms with van der Waals surface area (Å²) in [5.41, 5.74) is -1.16. The molecular weight excluding hydrogens is 664 g/mol. The molecule has 5 N–H and O–H groups in total. The predicted octanol–water partition coefficient (Wildman–Crippen LogP) is 7.26. The molecule has 0 fully saturated rings. The van der Waals surface area contributed by atoms with Crippen LogP contribution in [0.2, 0.25) is 0 Å². The minimum atomic E-state index is -0.436. The van der Waals surface area contributed by atoms with E-state index in [1.807, 2.05) is 55.4 Å². The normalized spacial score (nSPS) is 11.3. The maximum Gasteiger partial charge on any atom is 0.222 e. The lowest BCUT2D eigenvalue weighted by Gasteiger charge is -2.25. The number of unbranched alkanes of at least 4 members (excludes halogenated alkanes) is 1. The summed E-state index contributed by atoms with van der Waals surface area (Å²) in [6.07, 6.45) is 6.25. The monoisotopic (exact) mass is 753 g/mol. The van der Waals surface area contributed by atoms with Crippen LogP contribution in [0.4, 0.5) is 0 Å². The number of rotatable bonds is 24. The third-order valence-corrected chi connectivity index (χ3v) is 6.79. The Morgan fingerprint density at radius 3 is 1.04 bits per heavy atom. The summed E-state index contributed by atoms with van der Waals surface area (Å²) in [4.78, 5) is 33.7. The highest BCUT2D eigenvalue weighted by Crippen LogP contribution is 2.17. The molecule has 0 heterocycles. The van der Waals surface area contributed by atoms with Gasteiger partial charge in [0.25, 0.3) is 0 Å². The van der Waals surface area contributed by atoms with Crippen LogP contribution in [-0.2, 0) is 28.6 Å². The Morgan fingerprint density at radius 2 is 0.846 bits per heavy atom. The van der Waals surface area contributed by atoms with Crippen molar-refractivity contribution in [3.05, 3.63) is 0 Å². The Morgan fingerprint density at radius 1 is 0.558 bits per heavy atom. The lowest BCUT2D eigenvalue weighted by atomic mass is 10.0. The van der Waals surface area contributed by atoms with Gasteiger partial charge in [0.2, 0.25) is 11.8 Å². The largest absolute Gasteiger partial charge is 0.396 e. The van der Waals surface area contributed by atoms with Crippen molar-refractivity contribution in [2.24, 2.45) is 17.8 Å². The van der Waals surface area contributed by atoms with Crippen LogP contribution in [0.5, 0.6) is 0 Å². The van der Waals surface area contributed by atoms with E-state index in [4.69, 9.17) is 29.5 Å². The van der Waals surface area contributed by atoms with E-state index in [0.717, 1.165) is 38.7 Å². The number of aliphatic hydroxyl groups is 3. The van der Waals surface area contributed by atoms with E-state index in [-0.39, 0.29) is 36.4 Å². The molecule has 0 aliphatic carbocycles. The Labute approximate surface area is 321 Å². The van der Waals surface area contributed by atoms with Crippen LogP contribution >= 0.6 is 0 Å². The van der Waals surface area contributed by atoms with Crippen molar-refractivity contribution in [2.45, 2.75) is 179 Å². The summed E-state index contributed by atoms with van der Waals surface area (Å²) < 4.78 is 17.0. The Hall–Kier alpha value is -1.63. The van der Waals surface area contributed by atoms with Gasteiger partial charge in [-0.1, -0.05) is 68.7 Å². The first kappa shape index (κ1) is 59.6. The zero-order chi connectivity index (χ0) is 41.8. The van der Waals surface area contributed by atoms with Crippen LogP contribution < -0.4 is 10.6 Å². The van der Waals surface area contributed by atoms with Gasteiger partial charge >= 0.3 is 0 Å². The van der Waals surface area contributed by atoms with Crippen LogP contribution in [0.1, 0.15) is 162 Å². The maximum atomic E-state index is 11.4. The molecule has 0 radical (unpaired) electrons. The summed E-state index contributed by atoms with van der Waals surface area (Å²) in [7, 11) is 0. The summed E-state index contributed by atoms with van der Waals surface area (Å²) in [6.45, 7) is 35.1. The first-order valence-electron chi connectivity index (χ1n) is 19.8. The number of Topliss-reactive ketones (excluding diaryl/α,β-unsaturated/α-hetero) is 1. The molecule has 11 heteroatoms. The molecule has 2 amide bonds. The molecule has 0 aliphatic rings. The average molecular weight is 753 g/mol. The Bertz CT molecular complexity index is 768. The highest BCUT2D eigenvalue weighted by molar-refractivity contribution is 5.77. The smallest absolute Gasteiger partial charge is 0.222 e. The van der Waals surface area contributed by atoms with Gasteiger partial charge in [-0.15, -0.1) is 0 Å². The quantitative estimate of drug-likeness (QED) is 0.0683. The van der Waals surface area contributed by atoms with Gasteiger partial charge in [-0.2, -0.15) is 0 Å². The van der Waals surface area contributed by atoms with Crippen molar-refractivity contribution < 1.29 is 43.9 Å². The molecule has 0 atom stereocenters. The van der Waals surface area contributed by atoms with E-state index >= 15 is 0 Å². The molecule has 0 unspecified atom stereocenters. The lowest BCUT2D eigenvalue weighted by molar-refractivity contribution is -0.128. The SMILES string of the molecule is CC.CC(=O)CC(C)(C)OCCC(C)C.CC(C)CCOC(C)(C)CC(=O)NCCO.CC(C)CCOC(C)(C)CC(=O)NCCO.CCCCO. The van der Waals surface area contributed by atoms with E-state index < -0.39 is 11.2 Å². The Balaban J connectivity index is -0.000000195. The zero-order valence-corrected chi connectivity index (χ0v) is 36.8. The van der Waals surface area contributed by atoms with E-state index in [2.05, 4.69) is 59.1 Å². The van der Waals surface area contributed by atoms with Gasteiger partial charge < -0.3 is 40.2 Å². The molecule has 0 aromatic carbocycles. The standard InChI is InChI=1S/2C12H25NO3.C11H22O2.C4H10O.C2H6/c2*1-10(2)5-8-16-12(3,4)9-11(15)13-6-7-14;1-9(2)6-7-13-11(4,5)8-10(3)12;1-2-3-4-5;1-2/h2*10,14H,5-9H2,1-4H3,(H,13,15);9H,6-8H2,1-5H3;5H,2-4H2,1H3;1-2H3. The number of hydrogen-bond acceptors (Lipinski definition) is 9. The fourth-order valence-corrected chi connectivity index (χ4v) is 3.91. The number of carbonyl (C=O) groups is 3. The molecular formula is C41H88N2O9. The summed E-state index contributed by atoms with van der Waals surface area (Å²) in [6, 6.07) is 0. The summed E-state index contributed by atoms with van der Waals surface area (Å²) in [5, 5.41) is 30.4. The van der Waals surface area contributed by atoms with Crippen molar-refractivity contribution in [3.63, 3.8) is 0 Å². The van der Waals surface area contributed by atoms with Crippen LogP contribution in [0.3, 0.4) is 0 Å². The fraction of sp³-hybridized carbons (Fsp3) is 0.927. The molecule has 0 bridgehead atoms. The molecule has 52 heavy (non-hydrogen) atoms. The number of amides is 2. The van der Waals surface area contributed by atoms with Gasteiger partial charge in [0, 0.05) is 45.9 Å².